The maximum Gasteiger partial charge on any atom is 0.244 e. The summed E-state index contributed by atoms with van der Waals surface area (Å²) < 4.78 is 10.1. The number of methoxy groups -OCH3 is 1. The van der Waals surface area contributed by atoms with E-state index in [1.807, 2.05) is 36.4 Å². The second kappa shape index (κ2) is 8.59. The summed E-state index contributed by atoms with van der Waals surface area (Å²) >= 11 is 0. The van der Waals surface area contributed by atoms with Crippen LogP contribution in [0.3, 0.4) is 0 Å². The average molecular weight is 298 g/mol. The smallest absolute Gasteiger partial charge is 0.244 e. The Kier molecular flexibility index (Phi) is 6.14. The number of pyridine rings is 1. The van der Waals surface area contributed by atoms with Crippen molar-refractivity contribution in [1.82, 2.24) is 10.3 Å². The monoisotopic (exact) mass is 298 g/mol. The molecule has 1 aromatic carbocycles. The molecule has 0 unspecified atom stereocenters. The molecule has 2 rings (SSSR count). The number of benzene rings is 1. The lowest BCUT2D eigenvalue weighted by atomic mass is 10.2. The standard InChI is InChI=1S/C17H18N2O3/c1-21-13-22-16-5-2-14(3-6-16)4-7-17(20)19-12-15-8-10-18-11-9-15/h2-11H,12-13H2,1H3,(H,19,20)/b7-4+. The Morgan fingerprint density at radius 1 is 1.18 bits per heavy atom. The van der Waals surface area contributed by atoms with Gasteiger partial charge in [-0.1, -0.05) is 12.1 Å². The zero-order valence-corrected chi connectivity index (χ0v) is 12.4. The molecule has 114 valence electrons. The number of nitrogens with zero attached hydrogens (tertiary/aromatic N) is 1. The zero-order valence-electron chi connectivity index (χ0n) is 12.4. The molecule has 0 aliphatic rings. The number of rotatable bonds is 7. The van der Waals surface area contributed by atoms with Crippen LogP contribution in [0.25, 0.3) is 6.08 Å². The minimum Gasteiger partial charge on any atom is -0.468 e. The molecule has 1 N–H and O–H groups in total. The molecular formula is C17H18N2O3. The van der Waals surface area contributed by atoms with Gasteiger partial charge in [-0.2, -0.15) is 0 Å². The van der Waals surface area contributed by atoms with Gasteiger partial charge in [0.2, 0.25) is 5.91 Å². The van der Waals surface area contributed by atoms with Gasteiger partial charge in [-0.15, -0.1) is 0 Å². The summed E-state index contributed by atoms with van der Waals surface area (Å²) in [6, 6.07) is 11.1. The number of hydrogen-bond donors (Lipinski definition) is 1. The van der Waals surface area contributed by atoms with Gasteiger partial charge in [0.1, 0.15) is 5.75 Å². The molecule has 0 atom stereocenters. The van der Waals surface area contributed by atoms with Crippen LogP contribution in [0.4, 0.5) is 0 Å². The Labute approximate surface area is 129 Å². The lowest BCUT2D eigenvalue weighted by molar-refractivity contribution is -0.116. The van der Waals surface area contributed by atoms with Crippen molar-refractivity contribution < 1.29 is 14.3 Å². The number of nitrogens with one attached hydrogen (secondary N) is 1. The summed E-state index contributed by atoms with van der Waals surface area (Å²) in [5.74, 6) is 0.581. The van der Waals surface area contributed by atoms with Crippen molar-refractivity contribution in [2.45, 2.75) is 6.54 Å². The third kappa shape index (κ3) is 5.38. The molecule has 1 aromatic heterocycles. The van der Waals surface area contributed by atoms with E-state index in [1.54, 1.807) is 25.6 Å². The maximum atomic E-state index is 11.7. The molecule has 1 heterocycles. The molecule has 0 radical (unpaired) electrons. The second-order valence-electron chi connectivity index (χ2n) is 4.53. The highest BCUT2D eigenvalue weighted by molar-refractivity contribution is 5.91. The predicted octanol–water partition coefficient (Wildman–Crippen LogP) is 2.39. The Balaban J connectivity index is 1.81. The van der Waals surface area contributed by atoms with Crippen LogP contribution in [0.5, 0.6) is 5.75 Å². The van der Waals surface area contributed by atoms with Gasteiger partial charge in [0, 0.05) is 32.1 Å². The Bertz CT molecular complexity index is 610. The van der Waals surface area contributed by atoms with Gasteiger partial charge in [-0.05, 0) is 41.5 Å². The first-order valence-corrected chi connectivity index (χ1v) is 6.84. The summed E-state index contributed by atoms with van der Waals surface area (Å²) in [7, 11) is 1.57. The van der Waals surface area contributed by atoms with E-state index < -0.39 is 0 Å². The van der Waals surface area contributed by atoms with Crippen molar-refractivity contribution in [3.63, 3.8) is 0 Å². The van der Waals surface area contributed by atoms with E-state index in [2.05, 4.69) is 10.3 Å². The normalized spacial score (nSPS) is 10.6. The molecule has 5 heteroatoms. The second-order valence-corrected chi connectivity index (χ2v) is 4.53. The Morgan fingerprint density at radius 2 is 1.91 bits per heavy atom. The van der Waals surface area contributed by atoms with Crippen molar-refractivity contribution in [3.05, 3.63) is 66.0 Å². The van der Waals surface area contributed by atoms with Crippen molar-refractivity contribution in [1.29, 1.82) is 0 Å². The van der Waals surface area contributed by atoms with Crippen molar-refractivity contribution in [2.24, 2.45) is 0 Å². The van der Waals surface area contributed by atoms with Gasteiger partial charge in [0.05, 0.1) is 0 Å². The molecule has 0 saturated carbocycles. The average Bonchev–Trinajstić information content (AvgIpc) is 2.58. The fourth-order valence-electron chi connectivity index (χ4n) is 1.72. The molecule has 0 bridgehead atoms. The van der Waals surface area contributed by atoms with Gasteiger partial charge < -0.3 is 14.8 Å². The van der Waals surface area contributed by atoms with E-state index in [0.717, 1.165) is 16.9 Å². The number of ether oxygens (including phenoxy) is 2. The number of hydrogen-bond acceptors (Lipinski definition) is 4. The minimum atomic E-state index is -0.142. The number of amides is 1. The van der Waals surface area contributed by atoms with Crippen LogP contribution in [-0.2, 0) is 16.1 Å². The highest BCUT2D eigenvalue weighted by Gasteiger charge is 1.97. The van der Waals surface area contributed by atoms with Crippen LogP contribution in [0.2, 0.25) is 0 Å². The maximum absolute atomic E-state index is 11.7. The topological polar surface area (TPSA) is 60.5 Å². The van der Waals surface area contributed by atoms with Gasteiger partial charge >= 0.3 is 0 Å². The molecule has 1 amide bonds. The highest BCUT2D eigenvalue weighted by Crippen LogP contribution is 2.13. The molecule has 2 aromatic rings. The molecule has 0 fully saturated rings. The van der Waals surface area contributed by atoms with Crippen LogP contribution >= 0.6 is 0 Å². The predicted molar refractivity (Wildman–Crippen MR) is 84.1 cm³/mol. The fourth-order valence-corrected chi connectivity index (χ4v) is 1.72. The summed E-state index contributed by atoms with van der Waals surface area (Å²) in [4.78, 5) is 15.7. The summed E-state index contributed by atoms with van der Waals surface area (Å²) in [6.45, 7) is 0.697. The van der Waals surface area contributed by atoms with Crippen molar-refractivity contribution in [2.75, 3.05) is 13.9 Å². The van der Waals surface area contributed by atoms with Crippen LogP contribution in [-0.4, -0.2) is 24.8 Å². The zero-order chi connectivity index (χ0) is 15.6. The SMILES string of the molecule is COCOc1ccc(/C=C/C(=O)NCc2ccncc2)cc1. The molecule has 22 heavy (non-hydrogen) atoms. The number of carbonyl (C=O) groups is 1. The lowest BCUT2D eigenvalue weighted by Gasteiger charge is -2.04. The number of aromatic nitrogens is 1. The largest absolute Gasteiger partial charge is 0.468 e. The van der Waals surface area contributed by atoms with Gasteiger partial charge in [0.25, 0.3) is 0 Å². The van der Waals surface area contributed by atoms with E-state index in [-0.39, 0.29) is 12.7 Å². The van der Waals surface area contributed by atoms with Crippen molar-refractivity contribution >= 4 is 12.0 Å². The minimum absolute atomic E-state index is 0.142. The van der Waals surface area contributed by atoms with Gasteiger partial charge in [-0.3, -0.25) is 9.78 Å². The third-order valence-electron chi connectivity index (χ3n) is 2.87. The first-order valence-electron chi connectivity index (χ1n) is 6.84. The summed E-state index contributed by atoms with van der Waals surface area (Å²) in [5.41, 5.74) is 1.93. The van der Waals surface area contributed by atoms with E-state index in [9.17, 15) is 4.79 Å². The number of carbonyl (C=O) groups excluding carboxylic acids is 1. The molecular weight excluding hydrogens is 280 g/mol. The van der Waals surface area contributed by atoms with Crippen molar-refractivity contribution in [3.8, 4) is 5.75 Å². The molecule has 0 aliphatic heterocycles. The molecule has 0 spiro atoms. The first kappa shape index (κ1) is 15.7. The van der Waals surface area contributed by atoms with E-state index >= 15 is 0 Å². The van der Waals surface area contributed by atoms with Crippen LogP contribution in [0.1, 0.15) is 11.1 Å². The molecule has 5 nitrogen and oxygen atoms in total. The Hall–Kier alpha value is -2.66. The summed E-state index contributed by atoms with van der Waals surface area (Å²) in [6.07, 6.45) is 6.66. The van der Waals surface area contributed by atoms with Crippen LogP contribution in [0.15, 0.2) is 54.9 Å². The van der Waals surface area contributed by atoms with E-state index in [0.29, 0.717) is 6.54 Å². The van der Waals surface area contributed by atoms with Gasteiger partial charge in [0.15, 0.2) is 6.79 Å². The van der Waals surface area contributed by atoms with Crippen LogP contribution in [0, 0.1) is 0 Å². The van der Waals surface area contributed by atoms with Gasteiger partial charge in [-0.25, -0.2) is 0 Å². The third-order valence-corrected chi connectivity index (χ3v) is 2.87. The Morgan fingerprint density at radius 3 is 2.59 bits per heavy atom. The lowest BCUT2D eigenvalue weighted by Crippen LogP contribution is -2.20. The summed E-state index contributed by atoms with van der Waals surface area (Å²) in [5, 5.41) is 2.81. The quantitative estimate of drug-likeness (QED) is 0.630. The van der Waals surface area contributed by atoms with E-state index in [1.165, 1.54) is 6.08 Å². The van der Waals surface area contributed by atoms with Crippen LogP contribution < -0.4 is 10.1 Å². The molecule has 0 saturated heterocycles. The molecule has 0 aliphatic carbocycles. The van der Waals surface area contributed by atoms with E-state index in [4.69, 9.17) is 9.47 Å². The highest BCUT2D eigenvalue weighted by atomic mass is 16.7. The fraction of sp³-hybridized carbons (Fsp3) is 0.176. The first-order chi connectivity index (χ1) is 10.8.